The van der Waals surface area contributed by atoms with Gasteiger partial charge in [0.25, 0.3) is 0 Å². The van der Waals surface area contributed by atoms with Crippen molar-refractivity contribution in [3.63, 3.8) is 0 Å². The lowest BCUT2D eigenvalue weighted by molar-refractivity contribution is -0.156. The van der Waals surface area contributed by atoms with Gasteiger partial charge in [-0.05, 0) is 13.8 Å². The van der Waals surface area contributed by atoms with Crippen molar-refractivity contribution in [3.05, 3.63) is 0 Å². The van der Waals surface area contributed by atoms with Crippen molar-refractivity contribution >= 4 is 27.4 Å². The van der Waals surface area contributed by atoms with E-state index in [1.54, 1.807) is 13.8 Å². The van der Waals surface area contributed by atoms with Crippen LogP contribution in [-0.2, 0) is 32.6 Å². The maximum atomic E-state index is 12.4. The van der Waals surface area contributed by atoms with E-state index in [9.17, 15) is 14.2 Å². The molecule has 2 aliphatic rings. The number of methoxy groups -OCH3 is 1. The zero-order chi connectivity index (χ0) is 21.8. The number of imide groups is 1. The molecule has 2 saturated heterocycles. The van der Waals surface area contributed by atoms with E-state index in [1.165, 1.54) is 18.9 Å². The first-order valence-corrected chi connectivity index (χ1v) is 11.1. The number of carbonyl (C=O) groups excluding carboxylic acids is 2. The predicted molar refractivity (Wildman–Crippen MR) is 103 cm³/mol. The number of hydrogen-bond acceptors (Lipinski definition) is 9. The molecule has 2 rings (SSSR count). The molecule has 13 heteroatoms. The van der Waals surface area contributed by atoms with Crippen LogP contribution in [0.3, 0.4) is 0 Å². The third-order valence-corrected chi connectivity index (χ3v) is 6.51. The van der Waals surface area contributed by atoms with E-state index in [4.69, 9.17) is 36.8 Å². The molecule has 0 aromatic heterocycles. The maximum absolute atomic E-state index is 12.4. The zero-order valence-electron chi connectivity index (χ0n) is 17.2. The maximum Gasteiger partial charge on any atom is 0.356 e. The van der Waals surface area contributed by atoms with Gasteiger partial charge in [-0.1, -0.05) is 6.92 Å². The van der Waals surface area contributed by atoms with Crippen LogP contribution in [0.25, 0.3) is 0 Å². The third-order valence-electron chi connectivity index (χ3n) is 4.71. The lowest BCUT2D eigenvalue weighted by Crippen LogP contribution is -2.65. The molecule has 164 valence electrons. The molecule has 29 heavy (non-hydrogen) atoms. The Morgan fingerprint density at radius 3 is 2.52 bits per heavy atom. The Balaban J connectivity index is 2.00. The normalized spacial score (nSPS) is 33.2. The van der Waals surface area contributed by atoms with Crippen LogP contribution in [0.5, 0.6) is 0 Å². The fourth-order valence-electron chi connectivity index (χ4n) is 3.31. The molecule has 11 nitrogen and oxygen atoms in total. The molecule has 2 heterocycles. The van der Waals surface area contributed by atoms with Crippen molar-refractivity contribution in [1.29, 1.82) is 0 Å². The largest absolute Gasteiger partial charge is 0.366 e. The third kappa shape index (κ3) is 5.38. The van der Waals surface area contributed by atoms with Gasteiger partial charge in [-0.2, -0.15) is 0 Å². The van der Waals surface area contributed by atoms with Crippen molar-refractivity contribution in [2.45, 2.75) is 57.1 Å². The number of hydrogen-bond donors (Lipinski definition) is 2. The highest BCUT2D eigenvalue weighted by molar-refractivity contribution is 7.53. The first kappa shape index (κ1) is 24.3. The first-order chi connectivity index (χ1) is 13.6. The Kier molecular flexibility index (Phi) is 8.26. The summed E-state index contributed by atoms with van der Waals surface area (Å²) in [5.74, 6) is -0.643. The monoisotopic (exact) mass is 433 g/mol. The SMILES string of the molecule is [B]C1(C)C(=O)NC(=O)N(C2CC(N)C(COCP(=O)(OCC)OCC)O2)C1OC. The molecule has 0 spiro atoms. The number of nitrogens with one attached hydrogen (secondary N) is 1. The average molecular weight is 433 g/mol. The summed E-state index contributed by atoms with van der Waals surface area (Å²) in [6.45, 7) is 5.34. The molecule has 0 aliphatic carbocycles. The highest BCUT2D eigenvalue weighted by Gasteiger charge is 2.52. The van der Waals surface area contributed by atoms with E-state index >= 15 is 0 Å². The summed E-state index contributed by atoms with van der Waals surface area (Å²) >= 11 is 0. The summed E-state index contributed by atoms with van der Waals surface area (Å²) in [4.78, 5) is 25.6. The second-order valence-corrected chi connectivity index (χ2v) is 9.01. The molecule has 3 amide bonds. The Bertz CT molecular complexity index is 642. The average Bonchev–Trinajstić information content (AvgIpc) is 2.98. The van der Waals surface area contributed by atoms with E-state index in [0.717, 1.165) is 0 Å². The van der Waals surface area contributed by atoms with Gasteiger partial charge in [-0.25, -0.2) is 4.79 Å². The summed E-state index contributed by atoms with van der Waals surface area (Å²) in [6, 6.07) is -1.15. The highest BCUT2D eigenvalue weighted by atomic mass is 31.2. The number of carbonyl (C=O) groups is 2. The number of nitrogens with two attached hydrogens (primary N) is 1. The number of rotatable bonds is 10. The second-order valence-electron chi connectivity index (χ2n) is 7.01. The minimum atomic E-state index is -3.35. The van der Waals surface area contributed by atoms with E-state index in [-0.39, 0.29) is 32.6 Å². The molecule has 2 aliphatic heterocycles. The molecule has 0 aromatic carbocycles. The Morgan fingerprint density at radius 2 is 1.97 bits per heavy atom. The van der Waals surface area contributed by atoms with E-state index in [1.807, 2.05) is 0 Å². The Labute approximate surface area is 171 Å². The number of urea groups is 1. The molecule has 0 bridgehead atoms. The van der Waals surface area contributed by atoms with Gasteiger partial charge in [0.1, 0.15) is 18.8 Å². The van der Waals surface area contributed by atoms with Gasteiger partial charge in [0.05, 0.1) is 39.1 Å². The Morgan fingerprint density at radius 1 is 1.34 bits per heavy atom. The van der Waals surface area contributed by atoms with Crippen molar-refractivity contribution in [2.75, 3.05) is 33.3 Å². The predicted octanol–water partition coefficient (Wildman–Crippen LogP) is 0.540. The molecule has 3 N–H and O–H groups in total. The quantitative estimate of drug-likeness (QED) is 0.373. The van der Waals surface area contributed by atoms with E-state index < -0.39 is 49.5 Å². The Hall–Kier alpha value is -1.01. The summed E-state index contributed by atoms with van der Waals surface area (Å²) in [5, 5.41) is 0.737. The minimum absolute atomic E-state index is 0.0216. The lowest BCUT2D eigenvalue weighted by Gasteiger charge is -2.46. The summed E-state index contributed by atoms with van der Waals surface area (Å²) in [6.07, 6.45) is -2.35. The van der Waals surface area contributed by atoms with Gasteiger partial charge in [-0.15, -0.1) is 0 Å². The van der Waals surface area contributed by atoms with Crippen LogP contribution in [-0.4, -0.2) is 82.6 Å². The van der Waals surface area contributed by atoms with Gasteiger partial charge in [-0.3, -0.25) is 19.6 Å². The van der Waals surface area contributed by atoms with Crippen LogP contribution < -0.4 is 11.1 Å². The van der Waals surface area contributed by atoms with Crippen LogP contribution in [0.15, 0.2) is 0 Å². The summed E-state index contributed by atoms with van der Waals surface area (Å²) in [7, 11) is 4.05. The minimum Gasteiger partial charge on any atom is -0.366 e. The topological polar surface area (TPSA) is 139 Å². The fraction of sp³-hybridized carbons (Fsp3) is 0.875. The molecule has 0 aromatic rings. The summed E-state index contributed by atoms with van der Waals surface area (Å²) in [5.41, 5.74) is 6.14. The zero-order valence-corrected chi connectivity index (χ0v) is 18.1. The molecule has 2 radical (unpaired) electrons. The molecule has 5 atom stereocenters. The van der Waals surface area contributed by atoms with Crippen molar-refractivity contribution < 1.29 is 37.4 Å². The van der Waals surface area contributed by atoms with Crippen LogP contribution in [0.2, 0.25) is 5.31 Å². The van der Waals surface area contributed by atoms with E-state index in [0.29, 0.717) is 0 Å². The number of amides is 3. The lowest BCUT2D eigenvalue weighted by atomic mass is 9.66. The number of ether oxygens (including phenoxy) is 3. The van der Waals surface area contributed by atoms with Gasteiger partial charge in [0, 0.05) is 19.6 Å². The van der Waals surface area contributed by atoms with Crippen molar-refractivity contribution in [3.8, 4) is 0 Å². The standard InChI is InChI=1S/C16H29BN3O8P/c1-5-26-29(23,27-6-2)9-25-8-11-10(18)7-12(28-11)20-14(24-4)16(3,17)13(21)19-15(20)22/h10-12,14H,5-9,18H2,1-4H3,(H,19,21,22). The second kappa shape index (κ2) is 9.87. The fourth-order valence-corrected chi connectivity index (χ4v) is 4.65. The van der Waals surface area contributed by atoms with Gasteiger partial charge in [0.15, 0.2) is 0 Å². The van der Waals surface area contributed by atoms with Crippen LogP contribution in [0.1, 0.15) is 27.2 Å². The molecule has 5 unspecified atom stereocenters. The first-order valence-electron chi connectivity index (χ1n) is 9.42. The molecule has 2 fully saturated rings. The van der Waals surface area contributed by atoms with Crippen molar-refractivity contribution in [2.24, 2.45) is 5.73 Å². The molecular formula is C16H29BN3O8P. The van der Waals surface area contributed by atoms with Crippen molar-refractivity contribution in [1.82, 2.24) is 10.2 Å². The van der Waals surface area contributed by atoms with Crippen LogP contribution in [0, 0.1) is 0 Å². The molecular weight excluding hydrogens is 404 g/mol. The van der Waals surface area contributed by atoms with Gasteiger partial charge < -0.3 is 29.0 Å². The summed E-state index contributed by atoms with van der Waals surface area (Å²) < 4.78 is 39.5. The van der Waals surface area contributed by atoms with Gasteiger partial charge in [0.2, 0.25) is 5.91 Å². The van der Waals surface area contributed by atoms with Crippen LogP contribution >= 0.6 is 7.60 Å². The molecule has 0 saturated carbocycles. The van der Waals surface area contributed by atoms with Crippen LogP contribution in [0.4, 0.5) is 4.79 Å². The van der Waals surface area contributed by atoms with E-state index in [2.05, 4.69) is 5.32 Å². The number of nitrogens with zero attached hydrogens (tertiary/aromatic N) is 1. The van der Waals surface area contributed by atoms with Gasteiger partial charge >= 0.3 is 13.6 Å². The highest BCUT2D eigenvalue weighted by Crippen LogP contribution is 2.48. The smallest absolute Gasteiger partial charge is 0.356 e.